The van der Waals surface area contributed by atoms with E-state index in [9.17, 15) is 4.39 Å². The van der Waals surface area contributed by atoms with Crippen LogP contribution in [0.5, 0.6) is 0 Å². The maximum atomic E-state index is 14.2. The van der Waals surface area contributed by atoms with Crippen LogP contribution in [0, 0.1) is 12.7 Å². The van der Waals surface area contributed by atoms with Crippen LogP contribution in [0.25, 0.3) is 11.1 Å². The Bertz CT molecular complexity index is 997. The van der Waals surface area contributed by atoms with Gasteiger partial charge < -0.3 is 20.1 Å². The molecule has 1 aliphatic heterocycles. The summed E-state index contributed by atoms with van der Waals surface area (Å²) in [5.74, 6) is 1.39. The molecule has 0 radical (unpaired) electrons. The molecule has 0 unspecified atom stereocenters. The second-order valence-electron chi connectivity index (χ2n) is 7.47. The lowest BCUT2D eigenvalue weighted by Gasteiger charge is -2.30. The normalized spacial score (nSPS) is 14.4. The quantitative estimate of drug-likeness (QED) is 0.678. The van der Waals surface area contributed by atoms with Crippen molar-refractivity contribution in [1.82, 2.24) is 20.4 Å². The van der Waals surface area contributed by atoms with E-state index in [1.54, 1.807) is 18.6 Å². The average molecular weight is 396 g/mol. The molecule has 0 saturated carbocycles. The maximum Gasteiger partial charge on any atom is 0.155 e. The molecule has 0 aliphatic carbocycles. The SMILES string of the molecule is Cc1noc(C(C)C)c1-c1cc(F)ccc1Nc1cncnc1N1CCNCC1. The first-order valence-corrected chi connectivity index (χ1v) is 9.83. The van der Waals surface area contributed by atoms with Gasteiger partial charge in [-0.3, -0.25) is 0 Å². The molecule has 0 spiro atoms. The summed E-state index contributed by atoms with van der Waals surface area (Å²) in [6.45, 7) is 9.48. The van der Waals surface area contributed by atoms with Crippen molar-refractivity contribution in [3.05, 3.63) is 48.0 Å². The fraction of sp³-hybridized carbons (Fsp3) is 0.381. The number of hydrogen-bond donors (Lipinski definition) is 2. The number of hydrogen-bond acceptors (Lipinski definition) is 7. The van der Waals surface area contributed by atoms with Gasteiger partial charge in [0, 0.05) is 48.9 Å². The number of aromatic nitrogens is 3. The minimum atomic E-state index is -0.313. The molecule has 1 fully saturated rings. The second-order valence-corrected chi connectivity index (χ2v) is 7.47. The molecule has 1 aliphatic rings. The first-order valence-electron chi connectivity index (χ1n) is 9.83. The average Bonchev–Trinajstić information content (AvgIpc) is 3.12. The molecular weight excluding hydrogens is 371 g/mol. The number of benzene rings is 1. The van der Waals surface area contributed by atoms with E-state index in [1.165, 1.54) is 12.1 Å². The van der Waals surface area contributed by atoms with E-state index in [0.717, 1.165) is 60.4 Å². The fourth-order valence-electron chi connectivity index (χ4n) is 3.63. The van der Waals surface area contributed by atoms with Gasteiger partial charge in [0.25, 0.3) is 0 Å². The molecule has 0 atom stereocenters. The molecule has 29 heavy (non-hydrogen) atoms. The van der Waals surface area contributed by atoms with E-state index >= 15 is 0 Å². The molecule has 1 saturated heterocycles. The van der Waals surface area contributed by atoms with Crippen molar-refractivity contribution in [3.8, 4) is 11.1 Å². The van der Waals surface area contributed by atoms with Crippen LogP contribution < -0.4 is 15.5 Å². The third kappa shape index (κ3) is 3.93. The van der Waals surface area contributed by atoms with Crippen LogP contribution in [-0.4, -0.2) is 41.3 Å². The van der Waals surface area contributed by atoms with Gasteiger partial charge in [-0.1, -0.05) is 19.0 Å². The summed E-state index contributed by atoms with van der Waals surface area (Å²) in [5.41, 5.74) is 3.80. The zero-order valence-corrected chi connectivity index (χ0v) is 16.9. The number of piperazine rings is 1. The van der Waals surface area contributed by atoms with Gasteiger partial charge in [-0.15, -0.1) is 0 Å². The zero-order chi connectivity index (χ0) is 20.4. The number of anilines is 3. The largest absolute Gasteiger partial charge is 0.360 e. The summed E-state index contributed by atoms with van der Waals surface area (Å²) in [4.78, 5) is 10.9. The summed E-state index contributed by atoms with van der Waals surface area (Å²) in [6, 6.07) is 4.69. The highest BCUT2D eigenvalue weighted by Gasteiger charge is 2.22. The predicted octanol–water partition coefficient (Wildman–Crippen LogP) is 3.86. The van der Waals surface area contributed by atoms with Gasteiger partial charge in [0.15, 0.2) is 5.82 Å². The van der Waals surface area contributed by atoms with Crippen molar-refractivity contribution in [3.63, 3.8) is 0 Å². The number of nitrogens with one attached hydrogen (secondary N) is 2. The Morgan fingerprint density at radius 1 is 1.21 bits per heavy atom. The first kappa shape index (κ1) is 19.3. The highest BCUT2D eigenvalue weighted by molar-refractivity contribution is 5.85. The number of aryl methyl sites for hydroxylation is 1. The number of nitrogens with zero attached hydrogens (tertiary/aromatic N) is 4. The molecule has 2 aromatic heterocycles. The smallest absolute Gasteiger partial charge is 0.155 e. The van der Waals surface area contributed by atoms with Crippen molar-refractivity contribution in [2.24, 2.45) is 0 Å². The van der Waals surface area contributed by atoms with Crippen LogP contribution in [0.1, 0.15) is 31.2 Å². The molecule has 3 aromatic rings. The van der Waals surface area contributed by atoms with Crippen molar-refractivity contribution < 1.29 is 8.91 Å². The van der Waals surface area contributed by atoms with E-state index < -0.39 is 0 Å². The van der Waals surface area contributed by atoms with Crippen LogP contribution in [0.4, 0.5) is 21.6 Å². The highest BCUT2D eigenvalue weighted by atomic mass is 19.1. The van der Waals surface area contributed by atoms with Gasteiger partial charge in [-0.2, -0.15) is 0 Å². The molecule has 1 aromatic carbocycles. The van der Waals surface area contributed by atoms with E-state index in [0.29, 0.717) is 5.56 Å². The molecule has 2 N–H and O–H groups in total. The fourth-order valence-corrected chi connectivity index (χ4v) is 3.63. The van der Waals surface area contributed by atoms with Crippen molar-refractivity contribution in [1.29, 1.82) is 0 Å². The standard InChI is InChI=1S/C21H25FN6O/c1-13(2)20-19(14(3)27-29-20)16-10-15(22)4-5-17(16)26-18-11-24-12-25-21(18)28-8-6-23-7-9-28/h4-5,10-13,23,26H,6-9H2,1-3H3. The van der Waals surface area contributed by atoms with Crippen LogP contribution in [0.15, 0.2) is 35.2 Å². The Hall–Kier alpha value is -3.00. The van der Waals surface area contributed by atoms with Gasteiger partial charge in [0.1, 0.15) is 23.6 Å². The summed E-state index contributed by atoms with van der Waals surface area (Å²) < 4.78 is 19.7. The highest BCUT2D eigenvalue weighted by Crippen LogP contribution is 2.39. The van der Waals surface area contributed by atoms with E-state index in [1.807, 2.05) is 20.8 Å². The lowest BCUT2D eigenvalue weighted by Crippen LogP contribution is -2.44. The van der Waals surface area contributed by atoms with Gasteiger partial charge >= 0.3 is 0 Å². The molecular formula is C21H25FN6O. The molecule has 0 bridgehead atoms. The third-order valence-corrected chi connectivity index (χ3v) is 5.04. The maximum absolute atomic E-state index is 14.2. The Morgan fingerprint density at radius 3 is 2.76 bits per heavy atom. The Balaban J connectivity index is 1.76. The topological polar surface area (TPSA) is 79.1 Å². The molecule has 7 nitrogen and oxygen atoms in total. The lowest BCUT2D eigenvalue weighted by molar-refractivity contribution is 0.368. The summed E-state index contributed by atoms with van der Waals surface area (Å²) in [7, 11) is 0. The van der Waals surface area contributed by atoms with Crippen LogP contribution in [0.2, 0.25) is 0 Å². The van der Waals surface area contributed by atoms with Crippen molar-refractivity contribution in [2.75, 3.05) is 36.4 Å². The van der Waals surface area contributed by atoms with Gasteiger partial charge in [-0.05, 0) is 25.1 Å². The molecule has 4 rings (SSSR count). The first-order chi connectivity index (χ1) is 14.0. The molecule has 0 amide bonds. The summed E-state index contributed by atoms with van der Waals surface area (Å²) in [5, 5.41) is 10.9. The van der Waals surface area contributed by atoms with Crippen LogP contribution in [0.3, 0.4) is 0 Å². The molecule has 8 heteroatoms. The second kappa shape index (κ2) is 8.16. The van der Waals surface area contributed by atoms with E-state index in [-0.39, 0.29) is 11.7 Å². The molecule has 152 valence electrons. The monoisotopic (exact) mass is 396 g/mol. The number of halogens is 1. The summed E-state index contributed by atoms with van der Waals surface area (Å²) in [6.07, 6.45) is 3.30. The Kier molecular flexibility index (Phi) is 5.44. The van der Waals surface area contributed by atoms with Gasteiger partial charge in [-0.25, -0.2) is 14.4 Å². The van der Waals surface area contributed by atoms with Gasteiger partial charge in [0.05, 0.1) is 11.9 Å². The lowest BCUT2D eigenvalue weighted by atomic mass is 9.96. The molecule has 3 heterocycles. The Labute approximate surface area is 169 Å². The Morgan fingerprint density at radius 2 is 2.00 bits per heavy atom. The van der Waals surface area contributed by atoms with Crippen molar-refractivity contribution >= 4 is 17.2 Å². The van der Waals surface area contributed by atoms with Crippen LogP contribution in [-0.2, 0) is 0 Å². The zero-order valence-electron chi connectivity index (χ0n) is 16.9. The third-order valence-electron chi connectivity index (χ3n) is 5.04. The minimum Gasteiger partial charge on any atom is -0.360 e. The summed E-state index contributed by atoms with van der Waals surface area (Å²) >= 11 is 0. The number of rotatable bonds is 5. The van der Waals surface area contributed by atoms with E-state index in [2.05, 4.69) is 30.7 Å². The minimum absolute atomic E-state index is 0.124. The van der Waals surface area contributed by atoms with E-state index in [4.69, 9.17) is 4.52 Å². The van der Waals surface area contributed by atoms with Gasteiger partial charge in [0.2, 0.25) is 0 Å². The predicted molar refractivity (Wildman–Crippen MR) is 111 cm³/mol. The van der Waals surface area contributed by atoms with Crippen molar-refractivity contribution in [2.45, 2.75) is 26.7 Å². The van der Waals surface area contributed by atoms with Crippen LogP contribution >= 0.6 is 0 Å².